The van der Waals surface area contributed by atoms with Gasteiger partial charge in [0.15, 0.2) is 5.65 Å². The molecule has 1 aliphatic rings. The molecule has 1 atom stereocenters. The molecule has 1 saturated carbocycles. The maximum absolute atomic E-state index is 15.0. The van der Waals surface area contributed by atoms with Crippen molar-refractivity contribution in [1.82, 2.24) is 24.5 Å². The van der Waals surface area contributed by atoms with Crippen molar-refractivity contribution in [2.24, 2.45) is 13.0 Å². The van der Waals surface area contributed by atoms with Crippen LogP contribution in [0.25, 0.3) is 32.3 Å². The van der Waals surface area contributed by atoms with Crippen molar-refractivity contribution < 1.29 is 4.39 Å². The van der Waals surface area contributed by atoms with Gasteiger partial charge in [0.2, 0.25) is 5.95 Å². The molecule has 0 bridgehead atoms. The number of pyridine rings is 2. The molecule has 4 aromatic heterocycles. The molecular weight excluding hydrogens is 397 g/mol. The van der Waals surface area contributed by atoms with Gasteiger partial charge in [-0.05, 0) is 43.0 Å². The zero-order valence-corrected chi connectivity index (χ0v) is 18.0. The van der Waals surface area contributed by atoms with Gasteiger partial charge in [0, 0.05) is 18.7 Å². The molecule has 0 radical (unpaired) electrons. The van der Waals surface area contributed by atoms with Gasteiger partial charge in [-0.3, -0.25) is 0 Å². The van der Waals surface area contributed by atoms with Gasteiger partial charge in [0.05, 0.1) is 34.2 Å². The molecule has 4 heterocycles. The molecule has 5 rings (SSSR count). The molecule has 0 spiro atoms. The van der Waals surface area contributed by atoms with E-state index in [1.165, 1.54) is 43.4 Å². The molecule has 0 unspecified atom stereocenters. The molecule has 30 heavy (non-hydrogen) atoms. The van der Waals surface area contributed by atoms with Gasteiger partial charge in [-0.15, -0.1) is 11.3 Å². The third kappa shape index (κ3) is 3.51. The second-order valence-corrected chi connectivity index (χ2v) is 9.22. The van der Waals surface area contributed by atoms with Crippen molar-refractivity contribution in [3.63, 3.8) is 0 Å². The first-order valence-electron chi connectivity index (χ1n) is 10.5. The van der Waals surface area contributed by atoms with E-state index in [1.807, 2.05) is 35.9 Å². The van der Waals surface area contributed by atoms with E-state index in [1.54, 1.807) is 12.5 Å². The normalized spacial score (nSPS) is 16.2. The monoisotopic (exact) mass is 421 g/mol. The highest BCUT2D eigenvalue weighted by molar-refractivity contribution is 7.21. The second kappa shape index (κ2) is 7.87. The summed E-state index contributed by atoms with van der Waals surface area (Å²) in [7, 11) is 1.93. The largest absolute Gasteiger partial charge is 0.332 e. The van der Waals surface area contributed by atoms with Crippen LogP contribution in [0.3, 0.4) is 0 Å². The van der Waals surface area contributed by atoms with E-state index in [4.69, 9.17) is 0 Å². The van der Waals surface area contributed by atoms with E-state index >= 15 is 0 Å². The number of aromatic nitrogens is 5. The molecule has 154 valence electrons. The molecule has 4 aromatic rings. The Morgan fingerprint density at radius 2 is 1.90 bits per heavy atom. The first-order chi connectivity index (χ1) is 14.6. The molecule has 0 amide bonds. The predicted molar refractivity (Wildman–Crippen MR) is 118 cm³/mol. The Labute approximate surface area is 179 Å². The summed E-state index contributed by atoms with van der Waals surface area (Å²) in [6.45, 7) is 2.18. The Morgan fingerprint density at radius 3 is 2.63 bits per heavy atom. The minimum atomic E-state index is -0.443. The Morgan fingerprint density at radius 1 is 1.07 bits per heavy atom. The third-order valence-corrected chi connectivity index (χ3v) is 7.30. The lowest BCUT2D eigenvalue weighted by atomic mass is 9.79. The average Bonchev–Trinajstić information content (AvgIpc) is 3.39. The molecule has 0 N–H and O–H groups in total. The molecule has 1 fully saturated rings. The van der Waals surface area contributed by atoms with Crippen molar-refractivity contribution in [2.75, 3.05) is 0 Å². The zero-order chi connectivity index (χ0) is 20.7. The van der Waals surface area contributed by atoms with Gasteiger partial charge in [-0.1, -0.05) is 26.2 Å². The van der Waals surface area contributed by atoms with Gasteiger partial charge in [-0.2, -0.15) is 4.39 Å². The number of aryl methyl sites for hydroxylation is 1. The Bertz CT molecular complexity index is 1190. The lowest BCUT2D eigenvalue weighted by Gasteiger charge is -2.27. The second-order valence-electron chi connectivity index (χ2n) is 8.19. The van der Waals surface area contributed by atoms with Crippen LogP contribution in [-0.4, -0.2) is 24.5 Å². The molecule has 1 aliphatic carbocycles. The number of hydrogen-bond acceptors (Lipinski definition) is 5. The molecule has 0 aromatic carbocycles. The Hall–Kier alpha value is -2.67. The van der Waals surface area contributed by atoms with Crippen LogP contribution in [0.4, 0.5) is 4.39 Å². The Balaban J connectivity index is 1.45. The van der Waals surface area contributed by atoms with Crippen LogP contribution in [0.15, 0.2) is 36.8 Å². The van der Waals surface area contributed by atoms with Crippen molar-refractivity contribution in [1.29, 1.82) is 0 Å². The number of imidazole rings is 1. The summed E-state index contributed by atoms with van der Waals surface area (Å²) in [6, 6.07) is 7.73. The maximum atomic E-state index is 15.0. The summed E-state index contributed by atoms with van der Waals surface area (Å²) in [4.78, 5) is 17.7. The quantitative estimate of drug-likeness (QED) is 0.381. The smallest absolute Gasteiger partial charge is 0.223 e. The van der Waals surface area contributed by atoms with Crippen LogP contribution >= 0.6 is 11.3 Å². The fraction of sp³-hybridized carbons (Fsp3) is 0.391. The molecule has 5 nitrogen and oxygen atoms in total. The maximum Gasteiger partial charge on any atom is 0.223 e. The highest BCUT2D eigenvalue weighted by atomic mass is 32.1. The van der Waals surface area contributed by atoms with Gasteiger partial charge < -0.3 is 4.57 Å². The van der Waals surface area contributed by atoms with Crippen molar-refractivity contribution >= 4 is 21.7 Å². The van der Waals surface area contributed by atoms with Gasteiger partial charge >= 0.3 is 0 Å². The lowest BCUT2D eigenvalue weighted by Crippen LogP contribution is -2.15. The fourth-order valence-corrected chi connectivity index (χ4v) is 5.34. The summed E-state index contributed by atoms with van der Waals surface area (Å²) in [6.07, 6.45) is 9.81. The molecule has 7 heteroatoms. The van der Waals surface area contributed by atoms with Crippen LogP contribution in [0, 0.1) is 11.9 Å². The topological polar surface area (TPSA) is 56.5 Å². The molecule has 0 aliphatic heterocycles. The average molecular weight is 422 g/mol. The molecule has 0 saturated heterocycles. The van der Waals surface area contributed by atoms with Crippen LogP contribution in [0.5, 0.6) is 0 Å². The van der Waals surface area contributed by atoms with Crippen LogP contribution in [-0.2, 0) is 7.05 Å². The van der Waals surface area contributed by atoms with Crippen molar-refractivity contribution in [3.05, 3.63) is 48.4 Å². The van der Waals surface area contributed by atoms with Crippen LogP contribution in [0.1, 0.15) is 50.6 Å². The number of nitrogens with zero attached hydrogens (tertiary/aromatic N) is 5. The summed E-state index contributed by atoms with van der Waals surface area (Å²) in [5.74, 6) is 0.446. The fourth-order valence-electron chi connectivity index (χ4n) is 4.42. The van der Waals surface area contributed by atoms with Gasteiger partial charge in [0.1, 0.15) is 5.01 Å². The summed E-state index contributed by atoms with van der Waals surface area (Å²) < 4.78 is 17.8. The van der Waals surface area contributed by atoms with E-state index in [9.17, 15) is 4.39 Å². The van der Waals surface area contributed by atoms with Crippen LogP contribution in [0.2, 0.25) is 0 Å². The van der Waals surface area contributed by atoms with E-state index in [-0.39, 0.29) is 5.92 Å². The molecular formula is C23H24FN5S. The van der Waals surface area contributed by atoms with Crippen molar-refractivity contribution in [2.45, 2.75) is 44.9 Å². The number of thiazole rings is 1. The highest BCUT2D eigenvalue weighted by Gasteiger charge is 2.24. The number of rotatable bonds is 4. The minimum Gasteiger partial charge on any atom is -0.332 e. The van der Waals surface area contributed by atoms with E-state index in [2.05, 4.69) is 26.9 Å². The summed E-state index contributed by atoms with van der Waals surface area (Å²) in [5.41, 5.74) is 3.63. The first kappa shape index (κ1) is 19.3. The number of halogens is 1. The van der Waals surface area contributed by atoms with E-state index in [0.29, 0.717) is 22.1 Å². The van der Waals surface area contributed by atoms with Crippen LogP contribution < -0.4 is 0 Å². The van der Waals surface area contributed by atoms with Crippen molar-refractivity contribution in [3.8, 4) is 22.0 Å². The third-order valence-electron chi connectivity index (χ3n) is 6.26. The van der Waals surface area contributed by atoms with E-state index in [0.717, 1.165) is 21.8 Å². The zero-order valence-electron chi connectivity index (χ0n) is 17.2. The van der Waals surface area contributed by atoms with E-state index < -0.39 is 5.95 Å². The Kier molecular flexibility index (Phi) is 5.06. The minimum absolute atomic E-state index is 0.285. The summed E-state index contributed by atoms with van der Waals surface area (Å²) >= 11 is 1.44. The predicted octanol–water partition coefficient (Wildman–Crippen LogP) is 5.98. The lowest BCUT2D eigenvalue weighted by molar-refractivity contribution is 0.311. The first-order valence-corrected chi connectivity index (χ1v) is 11.3. The number of hydrogen-bond donors (Lipinski definition) is 0. The SMILES string of the molecule is C[C@H](c1ccc(-c2nc3nc(-c4cncn4C)ccc3s2)c(F)n1)C1CCCCC1. The summed E-state index contributed by atoms with van der Waals surface area (Å²) in [5, 5.41) is 0.613. The standard InChI is InChI=1S/C23H24FN5S/c1-14(15-6-4-3-5-7-15)17-9-8-16(21(24)26-17)23-28-22-20(30-23)11-10-18(27-22)19-12-25-13-29(19)2/h8-15H,3-7H2,1-2H3/t14-/m0/s1. The number of fused-ring (bicyclic) bond motifs is 1. The van der Waals surface area contributed by atoms with Gasteiger partial charge in [-0.25, -0.2) is 19.9 Å². The highest BCUT2D eigenvalue weighted by Crippen LogP contribution is 2.37. The van der Waals surface area contributed by atoms with Gasteiger partial charge in [0.25, 0.3) is 0 Å².